The molecular weight excluding hydrogens is 263 g/mol. The van der Waals surface area contributed by atoms with Gasteiger partial charge < -0.3 is 5.32 Å². The normalized spacial score (nSPS) is 10.5. The molecule has 0 aliphatic heterocycles. The molecule has 0 bridgehead atoms. The van der Waals surface area contributed by atoms with Gasteiger partial charge in [-0.25, -0.2) is 4.39 Å². The summed E-state index contributed by atoms with van der Waals surface area (Å²) in [5.41, 5.74) is 2.34. The van der Waals surface area contributed by atoms with Gasteiger partial charge in [-0.05, 0) is 49.5 Å². The molecule has 0 unspecified atom stereocenters. The van der Waals surface area contributed by atoms with Crippen molar-refractivity contribution in [3.8, 4) is 0 Å². The number of ketones is 1. The Balaban J connectivity index is 1.98. The molecule has 0 saturated carbocycles. The Morgan fingerprint density at radius 3 is 2.95 bits per heavy atom. The van der Waals surface area contributed by atoms with E-state index in [9.17, 15) is 9.18 Å². The fourth-order valence-electron chi connectivity index (χ4n) is 1.92. The third kappa shape index (κ3) is 3.38. The third-order valence-electron chi connectivity index (χ3n) is 2.80. The first-order valence-electron chi connectivity index (χ1n) is 6.03. The number of carbonyl (C=O) groups is 1. The summed E-state index contributed by atoms with van der Waals surface area (Å²) in [4.78, 5) is 11.5. The van der Waals surface area contributed by atoms with Crippen molar-refractivity contribution in [2.75, 3.05) is 11.9 Å². The van der Waals surface area contributed by atoms with E-state index in [4.69, 9.17) is 0 Å². The fraction of sp³-hybridized carbons (Fsp3) is 0.286. The van der Waals surface area contributed by atoms with Crippen molar-refractivity contribution in [3.05, 3.63) is 46.9 Å². The Morgan fingerprint density at radius 1 is 1.47 bits per heavy atom. The van der Waals surface area contributed by atoms with Crippen LogP contribution in [0.25, 0.3) is 0 Å². The topological polar surface area (TPSA) is 42.0 Å². The standard InChI is InChI=1S/C14H15FN2OS/c1-9-13(10(2)18)14(19-17-9)16-7-6-11-4-3-5-12(15)8-11/h3-5,8,16H,6-7H2,1-2H3. The SMILES string of the molecule is CC(=O)c1c(C)nsc1NCCc1cccc(F)c1. The average molecular weight is 278 g/mol. The molecule has 100 valence electrons. The second-order valence-corrected chi connectivity index (χ2v) is 5.11. The number of rotatable bonds is 5. The summed E-state index contributed by atoms with van der Waals surface area (Å²) in [5, 5.41) is 3.99. The van der Waals surface area contributed by atoms with E-state index >= 15 is 0 Å². The Bertz CT molecular complexity index is 595. The van der Waals surface area contributed by atoms with Crippen LogP contribution in [0.3, 0.4) is 0 Å². The van der Waals surface area contributed by atoms with E-state index in [1.807, 2.05) is 13.0 Å². The van der Waals surface area contributed by atoms with Gasteiger partial charge in [-0.15, -0.1) is 0 Å². The van der Waals surface area contributed by atoms with Crippen LogP contribution in [0, 0.1) is 12.7 Å². The largest absolute Gasteiger partial charge is 0.375 e. The molecule has 0 atom stereocenters. The summed E-state index contributed by atoms with van der Waals surface area (Å²) in [6.45, 7) is 4.00. The van der Waals surface area contributed by atoms with Crippen molar-refractivity contribution in [2.45, 2.75) is 20.3 Å². The molecule has 0 aliphatic carbocycles. The van der Waals surface area contributed by atoms with E-state index in [0.717, 1.165) is 16.3 Å². The van der Waals surface area contributed by atoms with Crippen LogP contribution < -0.4 is 5.32 Å². The smallest absolute Gasteiger partial charge is 0.164 e. The van der Waals surface area contributed by atoms with Crippen LogP contribution in [0.5, 0.6) is 0 Å². The highest BCUT2D eigenvalue weighted by atomic mass is 32.1. The highest BCUT2D eigenvalue weighted by Gasteiger charge is 2.14. The molecule has 2 rings (SSSR count). The first kappa shape index (κ1) is 13.7. The summed E-state index contributed by atoms with van der Waals surface area (Å²) in [6.07, 6.45) is 0.700. The predicted molar refractivity (Wildman–Crippen MR) is 75.4 cm³/mol. The fourth-order valence-corrected chi connectivity index (χ4v) is 2.79. The number of hydrogen-bond acceptors (Lipinski definition) is 4. The van der Waals surface area contributed by atoms with Gasteiger partial charge in [0.05, 0.1) is 11.3 Å². The molecular formula is C14H15FN2OS. The number of halogens is 1. The van der Waals surface area contributed by atoms with E-state index in [-0.39, 0.29) is 11.6 Å². The lowest BCUT2D eigenvalue weighted by molar-refractivity contribution is 0.101. The number of anilines is 1. The quantitative estimate of drug-likeness (QED) is 0.852. The summed E-state index contributed by atoms with van der Waals surface area (Å²) < 4.78 is 17.2. The van der Waals surface area contributed by atoms with E-state index in [0.29, 0.717) is 18.5 Å². The van der Waals surface area contributed by atoms with Gasteiger partial charge in [0.2, 0.25) is 0 Å². The van der Waals surface area contributed by atoms with Crippen molar-refractivity contribution in [1.82, 2.24) is 4.37 Å². The second kappa shape index (κ2) is 5.93. The zero-order chi connectivity index (χ0) is 13.8. The number of hydrogen-bond donors (Lipinski definition) is 1. The van der Waals surface area contributed by atoms with Gasteiger partial charge >= 0.3 is 0 Å². The van der Waals surface area contributed by atoms with Crippen LogP contribution >= 0.6 is 11.5 Å². The number of carbonyl (C=O) groups excluding carboxylic acids is 1. The number of nitrogens with zero attached hydrogens (tertiary/aromatic N) is 1. The maximum atomic E-state index is 13.0. The lowest BCUT2D eigenvalue weighted by atomic mass is 10.1. The molecule has 1 N–H and O–H groups in total. The Hall–Kier alpha value is -1.75. The molecule has 0 amide bonds. The number of aryl methyl sites for hydroxylation is 1. The van der Waals surface area contributed by atoms with Gasteiger partial charge in [0.25, 0.3) is 0 Å². The summed E-state index contributed by atoms with van der Waals surface area (Å²) in [5.74, 6) is -0.213. The Kier molecular flexibility index (Phi) is 4.27. The molecule has 1 heterocycles. The molecule has 2 aromatic rings. The minimum atomic E-state index is -0.226. The molecule has 0 saturated heterocycles. The average Bonchev–Trinajstić information content (AvgIpc) is 2.71. The van der Waals surface area contributed by atoms with Crippen LogP contribution in [-0.4, -0.2) is 16.7 Å². The predicted octanol–water partition coefficient (Wildman–Crippen LogP) is 3.45. The van der Waals surface area contributed by atoms with Crippen molar-refractivity contribution >= 4 is 22.3 Å². The Morgan fingerprint density at radius 2 is 2.26 bits per heavy atom. The maximum Gasteiger partial charge on any atom is 0.164 e. The van der Waals surface area contributed by atoms with Crippen LogP contribution in [-0.2, 0) is 6.42 Å². The van der Waals surface area contributed by atoms with Crippen LogP contribution in [0.4, 0.5) is 9.39 Å². The van der Waals surface area contributed by atoms with E-state index in [1.54, 1.807) is 6.07 Å². The van der Waals surface area contributed by atoms with Crippen molar-refractivity contribution in [1.29, 1.82) is 0 Å². The van der Waals surface area contributed by atoms with Gasteiger partial charge in [-0.1, -0.05) is 12.1 Å². The molecule has 19 heavy (non-hydrogen) atoms. The molecule has 0 spiro atoms. The minimum Gasteiger partial charge on any atom is -0.375 e. The lowest BCUT2D eigenvalue weighted by Gasteiger charge is -2.05. The maximum absolute atomic E-state index is 13.0. The van der Waals surface area contributed by atoms with E-state index in [2.05, 4.69) is 9.69 Å². The molecule has 0 radical (unpaired) electrons. The molecule has 5 heteroatoms. The second-order valence-electron chi connectivity index (χ2n) is 4.33. The number of nitrogens with one attached hydrogen (secondary N) is 1. The summed E-state index contributed by atoms with van der Waals surface area (Å²) in [7, 11) is 0. The lowest BCUT2D eigenvalue weighted by Crippen LogP contribution is -2.07. The van der Waals surface area contributed by atoms with Crippen LogP contribution in [0.2, 0.25) is 0 Å². The van der Waals surface area contributed by atoms with E-state index in [1.165, 1.54) is 30.6 Å². The van der Waals surface area contributed by atoms with Crippen molar-refractivity contribution in [2.24, 2.45) is 0 Å². The first-order valence-corrected chi connectivity index (χ1v) is 6.81. The minimum absolute atomic E-state index is 0.0134. The zero-order valence-corrected chi connectivity index (χ0v) is 11.7. The van der Waals surface area contributed by atoms with Crippen LogP contribution in [0.15, 0.2) is 24.3 Å². The summed E-state index contributed by atoms with van der Waals surface area (Å²) in [6, 6.07) is 6.53. The van der Waals surface area contributed by atoms with E-state index < -0.39 is 0 Å². The van der Waals surface area contributed by atoms with Crippen molar-refractivity contribution in [3.63, 3.8) is 0 Å². The zero-order valence-electron chi connectivity index (χ0n) is 10.9. The van der Waals surface area contributed by atoms with Crippen molar-refractivity contribution < 1.29 is 9.18 Å². The van der Waals surface area contributed by atoms with Gasteiger partial charge in [-0.2, -0.15) is 4.37 Å². The Labute approximate surface area is 115 Å². The highest BCUT2D eigenvalue weighted by Crippen LogP contribution is 2.24. The number of Topliss-reactive ketones (excluding diaryl/α,β-unsaturated/α-hetero) is 1. The van der Waals surface area contributed by atoms with Gasteiger partial charge in [-0.3, -0.25) is 4.79 Å². The number of aromatic nitrogens is 1. The molecule has 1 aromatic carbocycles. The van der Waals surface area contributed by atoms with Gasteiger partial charge in [0.1, 0.15) is 10.8 Å². The van der Waals surface area contributed by atoms with Crippen LogP contribution in [0.1, 0.15) is 28.5 Å². The summed E-state index contributed by atoms with van der Waals surface area (Å²) >= 11 is 1.29. The molecule has 1 aromatic heterocycles. The highest BCUT2D eigenvalue weighted by molar-refractivity contribution is 7.10. The van der Waals surface area contributed by atoms with Gasteiger partial charge in [0.15, 0.2) is 5.78 Å². The molecule has 3 nitrogen and oxygen atoms in total. The van der Waals surface area contributed by atoms with Gasteiger partial charge in [0, 0.05) is 6.54 Å². The molecule has 0 aliphatic rings. The molecule has 0 fully saturated rings. The third-order valence-corrected chi connectivity index (χ3v) is 3.70. The number of benzene rings is 1. The monoisotopic (exact) mass is 278 g/mol. The first-order chi connectivity index (χ1) is 9.08.